The summed E-state index contributed by atoms with van der Waals surface area (Å²) in [6, 6.07) is 13.6. The lowest BCUT2D eigenvalue weighted by molar-refractivity contribution is -0.202. The zero-order valence-electron chi connectivity index (χ0n) is 14.3. The van der Waals surface area contributed by atoms with Gasteiger partial charge in [0, 0.05) is 17.4 Å². The number of hydrogen-bond acceptors (Lipinski definition) is 6. The Bertz CT molecular complexity index is 1090. The summed E-state index contributed by atoms with van der Waals surface area (Å²) in [5.41, 5.74) is 0.638. The van der Waals surface area contributed by atoms with Gasteiger partial charge in [-0.05, 0) is 29.8 Å². The average Bonchev–Trinajstić information content (AvgIpc) is 2.67. The molecule has 0 radical (unpaired) electrons. The Morgan fingerprint density at radius 3 is 2.63 bits per heavy atom. The Morgan fingerprint density at radius 2 is 1.93 bits per heavy atom. The third kappa shape index (κ3) is 2.87. The summed E-state index contributed by atoms with van der Waals surface area (Å²) >= 11 is 5.96. The summed E-state index contributed by atoms with van der Waals surface area (Å²) in [7, 11) is 1.16. The smallest absolute Gasteiger partial charge is 0.379 e. The molecule has 138 valence electrons. The summed E-state index contributed by atoms with van der Waals surface area (Å²) in [4.78, 5) is 24.9. The number of carbonyl (C=O) groups excluding carboxylic acids is 1. The minimum Gasteiger partial charge on any atom is -0.464 e. The molecule has 2 atom stereocenters. The number of benzene rings is 2. The van der Waals surface area contributed by atoms with Crippen molar-refractivity contribution in [2.75, 3.05) is 7.11 Å². The molecule has 2 aromatic carbocycles. The van der Waals surface area contributed by atoms with Gasteiger partial charge in [0.2, 0.25) is 0 Å². The highest BCUT2D eigenvalue weighted by molar-refractivity contribution is 6.30. The van der Waals surface area contributed by atoms with E-state index in [1.807, 2.05) is 0 Å². The van der Waals surface area contributed by atoms with Crippen LogP contribution in [0.25, 0.3) is 11.0 Å². The van der Waals surface area contributed by atoms with E-state index in [9.17, 15) is 14.7 Å². The molecule has 1 N–H and O–H groups in total. The Kier molecular flexibility index (Phi) is 4.17. The molecule has 0 saturated carbocycles. The van der Waals surface area contributed by atoms with Gasteiger partial charge in [0.05, 0.1) is 18.1 Å². The zero-order chi connectivity index (χ0) is 19.2. The number of methoxy groups -OCH3 is 1. The molecule has 0 aliphatic carbocycles. The van der Waals surface area contributed by atoms with Gasteiger partial charge in [0.1, 0.15) is 11.3 Å². The van der Waals surface area contributed by atoms with Crippen LogP contribution in [0.15, 0.2) is 57.7 Å². The van der Waals surface area contributed by atoms with Crippen molar-refractivity contribution in [1.82, 2.24) is 0 Å². The fourth-order valence-corrected chi connectivity index (χ4v) is 3.53. The number of rotatable bonds is 2. The second-order valence-electron chi connectivity index (χ2n) is 6.31. The molecule has 0 amide bonds. The Labute approximate surface area is 158 Å². The van der Waals surface area contributed by atoms with Gasteiger partial charge in [-0.1, -0.05) is 35.9 Å². The number of aliphatic hydroxyl groups is 1. The molecule has 1 aromatic heterocycles. The van der Waals surface area contributed by atoms with E-state index in [-0.39, 0.29) is 17.7 Å². The molecule has 1 aliphatic heterocycles. The lowest BCUT2D eigenvalue weighted by Crippen LogP contribution is -2.50. The van der Waals surface area contributed by atoms with E-state index in [1.54, 1.807) is 48.5 Å². The molecule has 6 nitrogen and oxygen atoms in total. The number of ether oxygens (including phenoxy) is 2. The maximum Gasteiger partial charge on any atom is 0.379 e. The van der Waals surface area contributed by atoms with Gasteiger partial charge in [-0.25, -0.2) is 9.59 Å². The van der Waals surface area contributed by atoms with Crippen LogP contribution in [0.1, 0.15) is 23.5 Å². The molecule has 0 fully saturated rings. The minimum absolute atomic E-state index is 0.112. The van der Waals surface area contributed by atoms with Gasteiger partial charge < -0.3 is 19.0 Å². The summed E-state index contributed by atoms with van der Waals surface area (Å²) in [5, 5.41) is 11.9. The first-order valence-electron chi connectivity index (χ1n) is 8.24. The van der Waals surface area contributed by atoms with Crippen LogP contribution in [0.3, 0.4) is 0 Å². The lowest BCUT2D eigenvalue weighted by atomic mass is 9.83. The van der Waals surface area contributed by atoms with E-state index in [4.69, 9.17) is 25.5 Å². The van der Waals surface area contributed by atoms with Crippen LogP contribution in [0.5, 0.6) is 5.75 Å². The van der Waals surface area contributed by atoms with Crippen LogP contribution < -0.4 is 10.4 Å². The predicted octanol–water partition coefficient (Wildman–Crippen LogP) is 3.22. The highest BCUT2D eigenvalue weighted by Crippen LogP contribution is 2.45. The second kappa shape index (κ2) is 6.40. The highest BCUT2D eigenvalue weighted by atomic mass is 35.5. The summed E-state index contributed by atoms with van der Waals surface area (Å²) in [6.07, 6.45) is -0.197. The van der Waals surface area contributed by atoms with Gasteiger partial charge in [-0.2, -0.15) is 0 Å². The van der Waals surface area contributed by atoms with E-state index in [0.29, 0.717) is 21.6 Å². The first-order valence-corrected chi connectivity index (χ1v) is 8.62. The van der Waals surface area contributed by atoms with Crippen molar-refractivity contribution in [2.24, 2.45) is 0 Å². The first-order chi connectivity index (χ1) is 12.9. The third-order valence-electron chi connectivity index (χ3n) is 4.68. The molecule has 27 heavy (non-hydrogen) atoms. The van der Waals surface area contributed by atoms with Crippen LogP contribution in [0.4, 0.5) is 0 Å². The highest BCUT2D eigenvalue weighted by Gasteiger charge is 2.49. The molecule has 1 unspecified atom stereocenters. The number of fused-ring (bicyclic) bond motifs is 3. The van der Waals surface area contributed by atoms with E-state index < -0.39 is 23.3 Å². The quantitative estimate of drug-likeness (QED) is 0.537. The van der Waals surface area contributed by atoms with E-state index in [0.717, 1.165) is 7.11 Å². The molecule has 1 aliphatic rings. The predicted molar refractivity (Wildman–Crippen MR) is 98.0 cm³/mol. The third-order valence-corrected chi connectivity index (χ3v) is 4.93. The van der Waals surface area contributed by atoms with Gasteiger partial charge in [0.25, 0.3) is 0 Å². The average molecular weight is 387 g/mol. The largest absolute Gasteiger partial charge is 0.464 e. The molecular weight excluding hydrogens is 372 g/mol. The van der Waals surface area contributed by atoms with E-state index >= 15 is 0 Å². The fraction of sp³-hybridized carbons (Fsp3) is 0.200. The van der Waals surface area contributed by atoms with Crippen LogP contribution in [-0.4, -0.2) is 24.0 Å². The molecule has 7 heteroatoms. The van der Waals surface area contributed by atoms with Crippen molar-refractivity contribution in [3.05, 3.63) is 75.1 Å². The molecule has 0 saturated heterocycles. The van der Waals surface area contributed by atoms with Crippen molar-refractivity contribution in [1.29, 1.82) is 0 Å². The Morgan fingerprint density at radius 1 is 1.22 bits per heavy atom. The number of esters is 1. The number of para-hydroxylation sites is 1. The van der Waals surface area contributed by atoms with Crippen molar-refractivity contribution in [2.45, 2.75) is 18.1 Å². The number of halogens is 1. The zero-order valence-corrected chi connectivity index (χ0v) is 15.0. The summed E-state index contributed by atoms with van der Waals surface area (Å²) < 4.78 is 15.8. The summed E-state index contributed by atoms with van der Waals surface area (Å²) in [6.45, 7) is 0. The van der Waals surface area contributed by atoms with Crippen LogP contribution in [0.2, 0.25) is 5.02 Å². The SMILES string of the molecule is COC(=O)C1(O)C[C@H](c2ccc(Cl)cc2)c2c(c3ccccc3oc2=O)O1. The molecular formula is C20H15ClO6. The van der Waals surface area contributed by atoms with Gasteiger partial charge >= 0.3 is 17.4 Å². The number of carbonyl (C=O) groups is 1. The van der Waals surface area contributed by atoms with Crippen molar-refractivity contribution < 1.29 is 23.8 Å². The van der Waals surface area contributed by atoms with E-state index in [2.05, 4.69) is 0 Å². The Balaban J connectivity index is 2.00. The molecule has 0 bridgehead atoms. The molecule has 3 aromatic rings. The van der Waals surface area contributed by atoms with Crippen molar-refractivity contribution in [3.63, 3.8) is 0 Å². The molecule has 0 spiro atoms. The van der Waals surface area contributed by atoms with Crippen LogP contribution >= 0.6 is 11.6 Å². The van der Waals surface area contributed by atoms with Crippen LogP contribution in [-0.2, 0) is 9.53 Å². The monoisotopic (exact) mass is 386 g/mol. The maximum absolute atomic E-state index is 12.7. The fourth-order valence-electron chi connectivity index (χ4n) is 3.40. The number of hydrogen-bond donors (Lipinski definition) is 1. The van der Waals surface area contributed by atoms with Gasteiger partial charge in [0.15, 0.2) is 0 Å². The minimum atomic E-state index is -2.23. The van der Waals surface area contributed by atoms with Gasteiger partial charge in [-0.3, -0.25) is 0 Å². The standard InChI is InChI=1S/C20H15ClO6/c1-25-19(23)20(24)10-14(11-6-8-12(21)9-7-11)16-17(27-20)13-4-2-3-5-15(13)26-18(16)22/h2-9,14,24H,10H2,1H3/t14-,20?/m1/s1. The van der Waals surface area contributed by atoms with E-state index in [1.165, 1.54) is 0 Å². The normalized spacial score (nSPS) is 21.4. The van der Waals surface area contributed by atoms with Gasteiger partial charge in [-0.15, -0.1) is 0 Å². The maximum atomic E-state index is 12.7. The van der Waals surface area contributed by atoms with Crippen molar-refractivity contribution in [3.8, 4) is 5.75 Å². The summed E-state index contributed by atoms with van der Waals surface area (Å²) in [5.74, 6) is -3.70. The molecule has 4 rings (SSSR count). The lowest BCUT2D eigenvalue weighted by Gasteiger charge is -2.36. The topological polar surface area (TPSA) is 86.0 Å². The van der Waals surface area contributed by atoms with Crippen molar-refractivity contribution >= 4 is 28.5 Å². The van der Waals surface area contributed by atoms with Crippen LogP contribution in [0, 0.1) is 0 Å². The molecule has 2 heterocycles. The Hall–Kier alpha value is -2.83. The second-order valence-corrected chi connectivity index (χ2v) is 6.75. The first kappa shape index (κ1) is 17.6.